The van der Waals surface area contributed by atoms with Crippen LogP contribution in [0.5, 0.6) is 0 Å². The molecule has 0 aromatic heterocycles. The summed E-state index contributed by atoms with van der Waals surface area (Å²) in [6, 6.07) is 8.12. The van der Waals surface area contributed by atoms with Crippen molar-refractivity contribution in [2.75, 3.05) is 39.3 Å². The molecule has 2 rings (SSSR count). The fraction of sp³-hybridized carbons (Fsp3) is 0.588. The van der Waals surface area contributed by atoms with Crippen LogP contribution in [0, 0.1) is 5.92 Å². The van der Waals surface area contributed by atoms with E-state index in [1.807, 2.05) is 12.1 Å². The Morgan fingerprint density at radius 3 is 2.32 bits per heavy atom. The van der Waals surface area contributed by atoms with E-state index < -0.39 is 0 Å². The van der Waals surface area contributed by atoms with Gasteiger partial charge in [-0.15, -0.1) is 0 Å². The van der Waals surface area contributed by atoms with E-state index in [0.717, 1.165) is 44.3 Å². The van der Waals surface area contributed by atoms with Gasteiger partial charge < -0.3 is 15.1 Å². The third kappa shape index (κ3) is 5.95. The minimum absolute atomic E-state index is 0.185. The SMILES string of the molecule is CC(C)CNC(=O)C[NH+]1CC[NH+](Cc2ccc(Cl)cc2)CC1. The largest absolute Gasteiger partial charge is 0.351 e. The zero-order chi connectivity index (χ0) is 15.9. The van der Waals surface area contributed by atoms with E-state index in [4.69, 9.17) is 11.6 Å². The van der Waals surface area contributed by atoms with Crippen LogP contribution in [0.1, 0.15) is 19.4 Å². The van der Waals surface area contributed by atoms with Gasteiger partial charge in [0, 0.05) is 17.1 Å². The summed E-state index contributed by atoms with van der Waals surface area (Å²) < 4.78 is 0. The van der Waals surface area contributed by atoms with Crippen LogP contribution < -0.4 is 15.1 Å². The molecule has 1 aromatic rings. The van der Waals surface area contributed by atoms with Crippen LogP contribution in [0.4, 0.5) is 0 Å². The number of carbonyl (C=O) groups is 1. The van der Waals surface area contributed by atoms with Gasteiger partial charge >= 0.3 is 0 Å². The first-order chi connectivity index (χ1) is 10.5. The lowest BCUT2D eigenvalue weighted by Gasteiger charge is -2.29. The van der Waals surface area contributed by atoms with Crippen molar-refractivity contribution in [1.82, 2.24) is 5.32 Å². The highest BCUT2D eigenvalue weighted by Crippen LogP contribution is 2.08. The first-order valence-corrected chi connectivity index (χ1v) is 8.59. The van der Waals surface area contributed by atoms with Crippen LogP contribution in [0.15, 0.2) is 24.3 Å². The third-order valence-electron chi connectivity index (χ3n) is 4.15. The van der Waals surface area contributed by atoms with Crippen LogP contribution in [-0.4, -0.2) is 45.2 Å². The van der Waals surface area contributed by atoms with Crippen LogP contribution in [0.25, 0.3) is 0 Å². The van der Waals surface area contributed by atoms with E-state index in [1.54, 1.807) is 4.90 Å². The van der Waals surface area contributed by atoms with Gasteiger partial charge in [-0.05, 0) is 18.1 Å². The van der Waals surface area contributed by atoms with Gasteiger partial charge in [-0.2, -0.15) is 0 Å². The molecule has 1 amide bonds. The number of hydrogen-bond acceptors (Lipinski definition) is 1. The molecule has 1 aliphatic heterocycles. The number of quaternary nitrogens is 2. The average Bonchev–Trinajstić information content (AvgIpc) is 2.49. The molecule has 22 heavy (non-hydrogen) atoms. The molecule has 0 aliphatic carbocycles. The van der Waals surface area contributed by atoms with Crippen molar-refractivity contribution >= 4 is 17.5 Å². The summed E-state index contributed by atoms with van der Waals surface area (Å²) in [5.41, 5.74) is 1.33. The van der Waals surface area contributed by atoms with Crippen molar-refractivity contribution in [3.8, 4) is 0 Å². The Kier molecular flexibility index (Phi) is 6.68. The molecule has 0 radical (unpaired) electrons. The van der Waals surface area contributed by atoms with E-state index in [9.17, 15) is 4.79 Å². The Morgan fingerprint density at radius 2 is 1.73 bits per heavy atom. The molecule has 0 atom stereocenters. The van der Waals surface area contributed by atoms with Gasteiger partial charge in [0.25, 0.3) is 5.91 Å². The lowest BCUT2D eigenvalue weighted by Crippen LogP contribution is -3.28. The van der Waals surface area contributed by atoms with Crippen molar-refractivity contribution in [2.45, 2.75) is 20.4 Å². The molecule has 1 saturated heterocycles. The van der Waals surface area contributed by atoms with Crippen molar-refractivity contribution in [1.29, 1.82) is 0 Å². The van der Waals surface area contributed by atoms with E-state index in [-0.39, 0.29) is 5.91 Å². The van der Waals surface area contributed by atoms with Crippen LogP contribution in [0.2, 0.25) is 5.02 Å². The second-order valence-electron chi connectivity index (χ2n) is 6.68. The maximum atomic E-state index is 11.9. The zero-order valence-corrected chi connectivity index (χ0v) is 14.4. The number of nitrogens with one attached hydrogen (secondary N) is 3. The zero-order valence-electron chi connectivity index (χ0n) is 13.6. The molecule has 1 fully saturated rings. The summed E-state index contributed by atoms with van der Waals surface area (Å²) in [7, 11) is 0. The number of amides is 1. The molecule has 3 N–H and O–H groups in total. The van der Waals surface area contributed by atoms with Gasteiger partial charge in [-0.1, -0.05) is 37.6 Å². The number of piperazine rings is 1. The number of carbonyl (C=O) groups excluding carboxylic acids is 1. The summed E-state index contributed by atoms with van der Waals surface area (Å²) in [6.45, 7) is 11.0. The second-order valence-corrected chi connectivity index (χ2v) is 7.11. The number of halogens is 1. The summed E-state index contributed by atoms with van der Waals surface area (Å²) in [5.74, 6) is 0.699. The lowest BCUT2D eigenvalue weighted by atomic mass is 10.2. The van der Waals surface area contributed by atoms with Crippen molar-refractivity contribution < 1.29 is 14.6 Å². The first-order valence-electron chi connectivity index (χ1n) is 8.21. The fourth-order valence-electron chi connectivity index (χ4n) is 2.81. The molecule has 0 spiro atoms. The average molecular weight is 326 g/mol. The van der Waals surface area contributed by atoms with Gasteiger partial charge in [0.1, 0.15) is 32.7 Å². The normalized spacial score (nSPS) is 21.8. The predicted molar refractivity (Wildman–Crippen MR) is 89.3 cm³/mol. The first kappa shape index (κ1) is 17.3. The molecule has 0 unspecified atom stereocenters. The Balaban J connectivity index is 1.69. The van der Waals surface area contributed by atoms with Crippen molar-refractivity contribution in [3.63, 3.8) is 0 Å². The minimum Gasteiger partial charge on any atom is -0.351 e. The second kappa shape index (κ2) is 8.51. The molecule has 1 heterocycles. The van der Waals surface area contributed by atoms with Crippen LogP contribution in [-0.2, 0) is 11.3 Å². The number of benzene rings is 1. The van der Waals surface area contributed by atoms with Crippen molar-refractivity contribution in [2.24, 2.45) is 5.92 Å². The Bertz CT molecular complexity index is 467. The maximum Gasteiger partial charge on any atom is 0.275 e. The fourth-order valence-corrected chi connectivity index (χ4v) is 2.94. The van der Waals surface area contributed by atoms with Gasteiger partial charge in [0.15, 0.2) is 6.54 Å². The Morgan fingerprint density at radius 1 is 1.14 bits per heavy atom. The quantitative estimate of drug-likeness (QED) is 0.642. The number of rotatable bonds is 6. The van der Waals surface area contributed by atoms with Crippen LogP contribution >= 0.6 is 11.6 Å². The molecule has 1 aromatic carbocycles. The van der Waals surface area contributed by atoms with Gasteiger partial charge in [0.2, 0.25) is 0 Å². The maximum absolute atomic E-state index is 11.9. The third-order valence-corrected chi connectivity index (χ3v) is 4.40. The Labute approximate surface area is 138 Å². The van der Waals surface area contributed by atoms with E-state index >= 15 is 0 Å². The highest BCUT2D eigenvalue weighted by atomic mass is 35.5. The molecule has 1 aliphatic rings. The minimum atomic E-state index is 0.185. The van der Waals surface area contributed by atoms with E-state index in [2.05, 4.69) is 31.3 Å². The van der Waals surface area contributed by atoms with Crippen molar-refractivity contribution in [3.05, 3.63) is 34.9 Å². The Hall–Kier alpha value is -1.10. The lowest BCUT2D eigenvalue weighted by molar-refractivity contribution is -1.02. The summed E-state index contributed by atoms with van der Waals surface area (Å²) >= 11 is 5.92. The van der Waals surface area contributed by atoms with Gasteiger partial charge in [-0.25, -0.2) is 0 Å². The summed E-state index contributed by atoms with van der Waals surface area (Å²) in [6.07, 6.45) is 0. The monoisotopic (exact) mass is 325 g/mol. The standard InChI is InChI=1S/C17H26ClN3O/c1-14(2)11-19-17(22)13-21-9-7-20(8-10-21)12-15-3-5-16(18)6-4-15/h3-6,14H,7-13H2,1-2H3,(H,19,22)/p+2. The molecule has 4 nitrogen and oxygen atoms in total. The molecule has 0 bridgehead atoms. The highest BCUT2D eigenvalue weighted by molar-refractivity contribution is 6.30. The molecule has 122 valence electrons. The van der Waals surface area contributed by atoms with Gasteiger partial charge in [0.05, 0.1) is 0 Å². The summed E-state index contributed by atoms with van der Waals surface area (Å²) in [5, 5.41) is 3.80. The molecule has 0 saturated carbocycles. The highest BCUT2D eigenvalue weighted by Gasteiger charge is 2.24. The van der Waals surface area contributed by atoms with E-state index in [1.165, 1.54) is 10.5 Å². The topological polar surface area (TPSA) is 38.0 Å². The summed E-state index contributed by atoms with van der Waals surface area (Å²) in [4.78, 5) is 14.9. The molecular formula is C17H28ClN3O+2. The molecular weight excluding hydrogens is 298 g/mol. The van der Waals surface area contributed by atoms with Crippen LogP contribution in [0.3, 0.4) is 0 Å². The van der Waals surface area contributed by atoms with Gasteiger partial charge in [-0.3, -0.25) is 4.79 Å². The predicted octanol–water partition coefficient (Wildman–Crippen LogP) is -0.604. The number of hydrogen-bond donors (Lipinski definition) is 3. The van der Waals surface area contributed by atoms with E-state index in [0.29, 0.717) is 12.5 Å². The smallest absolute Gasteiger partial charge is 0.275 e. The molecule has 5 heteroatoms.